The molecular weight excluding hydrogens is 290 g/mol. The lowest BCUT2D eigenvalue weighted by atomic mass is 10.0. The smallest absolute Gasteiger partial charge is 0.252 e. The van der Waals surface area contributed by atoms with Gasteiger partial charge in [0, 0.05) is 6.54 Å². The summed E-state index contributed by atoms with van der Waals surface area (Å²) in [6, 6.07) is 0. The lowest BCUT2D eigenvalue weighted by Crippen LogP contribution is -2.31. The zero-order chi connectivity index (χ0) is 13.2. The average molecular weight is 307 g/mol. The largest absolute Gasteiger partial charge is 0.375 e. The van der Waals surface area contributed by atoms with Gasteiger partial charge in [-0.1, -0.05) is 11.3 Å². The molecule has 5 nitrogen and oxygen atoms in total. The van der Waals surface area contributed by atoms with Gasteiger partial charge < -0.3 is 5.73 Å². The van der Waals surface area contributed by atoms with Crippen LogP contribution in [-0.4, -0.2) is 31.5 Å². The number of sulfonamides is 1. The number of hydrogen-bond acceptors (Lipinski definition) is 6. The summed E-state index contributed by atoms with van der Waals surface area (Å²) >= 11 is 2.95. The van der Waals surface area contributed by atoms with Gasteiger partial charge in [-0.2, -0.15) is 11.8 Å². The molecule has 0 aliphatic carbocycles. The molecule has 0 amide bonds. The second-order valence-electron chi connectivity index (χ2n) is 4.33. The van der Waals surface area contributed by atoms with E-state index in [1.54, 1.807) is 6.92 Å². The maximum absolute atomic E-state index is 12.1. The highest BCUT2D eigenvalue weighted by molar-refractivity contribution is 7.99. The quantitative estimate of drug-likeness (QED) is 0.879. The van der Waals surface area contributed by atoms with Crippen molar-refractivity contribution in [3.05, 3.63) is 5.69 Å². The number of thioether (sulfide) groups is 1. The van der Waals surface area contributed by atoms with E-state index in [1.165, 1.54) is 0 Å². The van der Waals surface area contributed by atoms with Gasteiger partial charge in [0.25, 0.3) is 10.0 Å². The summed E-state index contributed by atoms with van der Waals surface area (Å²) < 4.78 is 27.1. The highest BCUT2D eigenvalue weighted by Gasteiger charge is 2.23. The third-order valence-corrected chi connectivity index (χ3v) is 6.99. The minimum Gasteiger partial charge on any atom is -0.375 e. The normalized spacial score (nSPS) is 18.1. The predicted molar refractivity (Wildman–Crippen MR) is 76.5 cm³/mol. The monoisotopic (exact) mass is 307 g/mol. The third kappa shape index (κ3) is 3.37. The molecule has 1 aliphatic rings. The number of nitrogen functional groups attached to an aromatic ring is 1. The molecule has 1 aromatic rings. The molecule has 2 rings (SSSR count). The van der Waals surface area contributed by atoms with E-state index in [9.17, 15) is 8.42 Å². The Morgan fingerprint density at radius 3 is 2.67 bits per heavy atom. The Labute approximate surface area is 116 Å². The molecule has 18 heavy (non-hydrogen) atoms. The van der Waals surface area contributed by atoms with Crippen molar-refractivity contribution >= 4 is 38.3 Å². The molecule has 3 N–H and O–H groups in total. The van der Waals surface area contributed by atoms with Crippen LogP contribution >= 0.6 is 23.1 Å². The van der Waals surface area contributed by atoms with E-state index >= 15 is 0 Å². The second kappa shape index (κ2) is 5.77. The van der Waals surface area contributed by atoms with Gasteiger partial charge in [-0.15, -0.1) is 0 Å². The van der Waals surface area contributed by atoms with Gasteiger partial charge in [-0.3, -0.25) is 0 Å². The van der Waals surface area contributed by atoms with E-state index in [2.05, 4.69) is 9.71 Å². The van der Waals surface area contributed by atoms with E-state index in [4.69, 9.17) is 5.73 Å². The van der Waals surface area contributed by atoms with Crippen LogP contribution in [0.4, 0.5) is 5.13 Å². The highest BCUT2D eigenvalue weighted by Crippen LogP contribution is 2.26. The van der Waals surface area contributed by atoms with E-state index in [-0.39, 0.29) is 4.21 Å². The minimum absolute atomic E-state index is 0.241. The van der Waals surface area contributed by atoms with Crippen LogP contribution in [0.5, 0.6) is 0 Å². The zero-order valence-electron chi connectivity index (χ0n) is 10.2. The summed E-state index contributed by atoms with van der Waals surface area (Å²) in [4.78, 5) is 3.95. The van der Waals surface area contributed by atoms with Crippen LogP contribution in [0.1, 0.15) is 18.5 Å². The summed E-state index contributed by atoms with van der Waals surface area (Å²) in [5.74, 6) is 2.70. The highest BCUT2D eigenvalue weighted by atomic mass is 32.2. The van der Waals surface area contributed by atoms with Crippen LogP contribution in [0.3, 0.4) is 0 Å². The Kier molecular flexibility index (Phi) is 4.52. The number of aryl methyl sites for hydroxylation is 1. The van der Waals surface area contributed by atoms with Gasteiger partial charge in [0.1, 0.15) is 0 Å². The first-order valence-electron chi connectivity index (χ1n) is 5.79. The molecule has 1 saturated heterocycles. The van der Waals surface area contributed by atoms with Crippen LogP contribution in [-0.2, 0) is 10.0 Å². The molecule has 0 radical (unpaired) electrons. The third-order valence-electron chi connectivity index (χ3n) is 2.92. The molecule has 1 fully saturated rings. The number of rotatable bonds is 4. The lowest BCUT2D eigenvalue weighted by Gasteiger charge is -2.21. The molecule has 0 aromatic carbocycles. The number of anilines is 1. The van der Waals surface area contributed by atoms with Crippen molar-refractivity contribution in [3.8, 4) is 0 Å². The Morgan fingerprint density at radius 1 is 1.44 bits per heavy atom. The van der Waals surface area contributed by atoms with E-state index in [1.807, 2.05) is 11.8 Å². The molecule has 102 valence electrons. The number of nitrogens with one attached hydrogen (secondary N) is 1. The van der Waals surface area contributed by atoms with Crippen LogP contribution in [0, 0.1) is 12.8 Å². The number of nitrogens with two attached hydrogens (primary N) is 1. The number of thiazole rings is 1. The Balaban J connectivity index is 2.01. The summed E-state index contributed by atoms with van der Waals surface area (Å²) in [5, 5.41) is 0.293. The van der Waals surface area contributed by atoms with Crippen LogP contribution in [0.15, 0.2) is 4.21 Å². The first kappa shape index (κ1) is 14.1. The first-order chi connectivity index (χ1) is 8.49. The van der Waals surface area contributed by atoms with Gasteiger partial charge in [-0.25, -0.2) is 18.1 Å². The Bertz CT molecular complexity index is 506. The number of aromatic nitrogens is 1. The molecule has 1 aliphatic heterocycles. The van der Waals surface area contributed by atoms with Gasteiger partial charge in [0.15, 0.2) is 9.34 Å². The van der Waals surface area contributed by atoms with E-state index in [0.717, 1.165) is 35.7 Å². The predicted octanol–water partition coefficient (Wildman–Crippen LogP) is 1.46. The fraction of sp³-hybridized carbons (Fsp3) is 0.700. The van der Waals surface area contributed by atoms with Crippen molar-refractivity contribution in [2.24, 2.45) is 5.92 Å². The van der Waals surface area contributed by atoms with Crippen molar-refractivity contribution in [2.45, 2.75) is 24.0 Å². The molecule has 0 saturated carbocycles. The van der Waals surface area contributed by atoms with Crippen LogP contribution in [0.2, 0.25) is 0 Å². The fourth-order valence-corrected chi connectivity index (χ4v) is 5.56. The van der Waals surface area contributed by atoms with Crippen LogP contribution in [0.25, 0.3) is 0 Å². The summed E-state index contributed by atoms with van der Waals surface area (Å²) in [5.41, 5.74) is 6.00. The van der Waals surface area contributed by atoms with Gasteiger partial charge in [0.05, 0.1) is 5.69 Å². The maximum Gasteiger partial charge on any atom is 0.252 e. The molecular formula is C10H17N3O2S3. The van der Waals surface area contributed by atoms with Crippen molar-refractivity contribution in [1.29, 1.82) is 0 Å². The molecule has 0 spiro atoms. The average Bonchev–Trinajstić information content (AvgIpc) is 2.68. The molecule has 2 heterocycles. The van der Waals surface area contributed by atoms with Crippen molar-refractivity contribution in [2.75, 3.05) is 23.8 Å². The maximum atomic E-state index is 12.1. The lowest BCUT2D eigenvalue weighted by molar-refractivity contribution is 0.477. The number of nitrogens with zero attached hydrogens (tertiary/aromatic N) is 1. The van der Waals surface area contributed by atoms with Crippen molar-refractivity contribution in [3.63, 3.8) is 0 Å². The van der Waals surface area contributed by atoms with Gasteiger partial charge >= 0.3 is 0 Å². The fourth-order valence-electron chi connectivity index (χ4n) is 1.90. The summed E-state index contributed by atoms with van der Waals surface area (Å²) in [6.07, 6.45) is 2.16. The second-order valence-corrected chi connectivity index (χ2v) is 8.55. The zero-order valence-corrected chi connectivity index (χ0v) is 12.6. The summed E-state index contributed by atoms with van der Waals surface area (Å²) in [7, 11) is -3.45. The molecule has 8 heteroatoms. The minimum atomic E-state index is -3.45. The number of hydrogen-bond donors (Lipinski definition) is 2. The van der Waals surface area contributed by atoms with Gasteiger partial charge in [-0.05, 0) is 37.2 Å². The van der Waals surface area contributed by atoms with Gasteiger partial charge in [0.2, 0.25) is 0 Å². The standard InChI is InChI=1S/C10H17N3O2S3/c1-7-9(17-10(11)13-7)18(14,15)12-6-8-2-4-16-5-3-8/h8,12H,2-6H2,1H3,(H2,11,13). The molecule has 0 unspecified atom stereocenters. The van der Waals surface area contributed by atoms with E-state index in [0.29, 0.717) is 23.3 Å². The topological polar surface area (TPSA) is 85.1 Å². The molecule has 1 aromatic heterocycles. The van der Waals surface area contributed by atoms with Crippen LogP contribution < -0.4 is 10.5 Å². The van der Waals surface area contributed by atoms with Crippen molar-refractivity contribution in [1.82, 2.24) is 9.71 Å². The first-order valence-corrected chi connectivity index (χ1v) is 9.25. The molecule has 0 bridgehead atoms. The van der Waals surface area contributed by atoms with E-state index < -0.39 is 10.0 Å². The SMILES string of the molecule is Cc1nc(N)sc1S(=O)(=O)NCC1CCSCC1. The summed E-state index contributed by atoms with van der Waals surface area (Å²) in [6.45, 7) is 2.18. The Morgan fingerprint density at radius 2 is 2.11 bits per heavy atom. The molecule has 0 atom stereocenters. The Hall–Kier alpha value is -0.310. The van der Waals surface area contributed by atoms with Crippen molar-refractivity contribution < 1.29 is 8.42 Å².